The van der Waals surface area contributed by atoms with Crippen LogP contribution >= 0.6 is 0 Å². The third kappa shape index (κ3) is 5.54. The molecule has 0 atom stereocenters. The highest BCUT2D eigenvalue weighted by atomic mass is 15.3. The van der Waals surface area contributed by atoms with Gasteiger partial charge in [-0.15, -0.1) is 0 Å². The van der Waals surface area contributed by atoms with Gasteiger partial charge < -0.3 is 9.80 Å². The smallest absolute Gasteiger partial charge is 0.0113 e. The van der Waals surface area contributed by atoms with Crippen LogP contribution in [0.4, 0.5) is 0 Å². The van der Waals surface area contributed by atoms with E-state index in [0.717, 1.165) is 5.92 Å². The maximum atomic E-state index is 2.70. The molecule has 2 rings (SSSR count). The summed E-state index contributed by atoms with van der Waals surface area (Å²) in [5.41, 5.74) is 0.473. The molecule has 0 N–H and O–H groups in total. The van der Waals surface area contributed by atoms with Crippen molar-refractivity contribution in [3.05, 3.63) is 0 Å². The highest BCUT2D eigenvalue weighted by Crippen LogP contribution is 2.32. The van der Waals surface area contributed by atoms with E-state index in [1.807, 2.05) is 0 Å². The van der Waals surface area contributed by atoms with Crippen LogP contribution in [-0.4, -0.2) is 73.6 Å². The van der Waals surface area contributed by atoms with Crippen molar-refractivity contribution < 1.29 is 0 Å². The molecule has 0 aromatic carbocycles. The van der Waals surface area contributed by atoms with Gasteiger partial charge in [-0.25, -0.2) is 0 Å². The fourth-order valence-corrected chi connectivity index (χ4v) is 4.16. The number of piperazine rings is 1. The van der Waals surface area contributed by atoms with Crippen LogP contribution in [0.1, 0.15) is 47.0 Å². The van der Waals surface area contributed by atoms with E-state index in [-0.39, 0.29) is 0 Å². The zero-order chi connectivity index (χ0) is 15.5. The average Bonchev–Trinajstić information content (AvgIpc) is 2.41. The molecule has 124 valence electrons. The first-order valence-corrected chi connectivity index (χ1v) is 9.01. The summed E-state index contributed by atoms with van der Waals surface area (Å²) in [6, 6.07) is 0.708. The average molecular weight is 296 g/mol. The minimum Gasteiger partial charge on any atom is -0.306 e. The highest BCUT2D eigenvalue weighted by Gasteiger charge is 2.29. The van der Waals surface area contributed by atoms with Crippen LogP contribution in [0.15, 0.2) is 0 Å². The first-order chi connectivity index (χ1) is 9.85. The third-order valence-corrected chi connectivity index (χ3v) is 5.47. The SMILES string of the molecule is CC(C)N1CCN(CC(C)(C)CC2CCN(C)CC2)CC1. The molecule has 0 aromatic heterocycles. The van der Waals surface area contributed by atoms with Crippen LogP contribution in [0.5, 0.6) is 0 Å². The Morgan fingerprint density at radius 2 is 1.52 bits per heavy atom. The zero-order valence-corrected chi connectivity index (χ0v) is 15.1. The number of hydrogen-bond donors (Lipinski definition) is 0. The quantitative estimate of drug-likeness (QED) is 0.772. The van der Waals surface area contributed by atoms with E-state index < -0.39 is 0 Å². The Labute approximate surface area is 132 Å². The number of likely N-dealkylation sites (tertiary alicyclic amines) is 1. The molecule has 0 aromatic rings. The molecular weight excluding hydrogens is 258 g/mol. The molecule has 3 nitrogen and oxygen atoms in total. The second kappa shape index (κ2) is 7.43. The summed E-state index contributed by atoms with van der Waals surface area (Å²) in [5, 5.41) is 0. The fraction of sp³-hybridized carbons (Fsp3) is 1.00. The van der Waals surface area contributed by atoms with Gasteiger partial charge >= 0.3 is 0 Å². The predicted molar refractivity (Wildman–Crippen MR) is 91.8 cm³/mol. The lowest BCUT2D eigenvalue weighted by Crippen LogP contribution is -2.51. The number of nitrogens with zero attached hydrogens (tertiary/aromatic N) is 3. The first kappa shape index (κ1) is 17.2. The van der Waals surface area contributed by atoms with E-state index in [1.54, 1.807) is 0 Å². The van der Waals surface area contributed by atoms with Gasteiger partial charge in [-0.1, -0.05) is 13.8 Å². The molecule has 0 radical (unpaired) electrons. The lowest BCUT2D eigenvalue weighted by atomic mass is 9.78. The summed E-state index contributed by atoms with van der Waals surface area (Å²) in [6.07, 6.45) is 4.22. The Hall–Kier alpha value is -0.120. The number of rotatable bonds is 5. The van der Waals surface area contributed by atoms with Crippen LogP contribution in [-0.2, 0) is 0 Å². The topological polar surface area (TPSA) is 9.72 Å². The molecule has 2 heterocycles. The van der Waals surface area contributed by atoms with Crippen molar-refractivity contribution >= 4 is 0 Å². The van der Waals surface area contributed by atoms with Crippen molar-refractivity contribution in [1.82, 2.24) is 14.7 Å². The predicted octanol–water partition coefficient (Wildman–Crippen LogP) is 2.77. The van der Waals surface area contributed by atoms with Gasteiger partial charge in [0.1, 0.15) is 0 Å². The van der Waals surface area contributed by atoms with Gasteiger partial charge in [-0.2, -0.15) is 0 Å². The van der Waals surface area contributed by atoms with Crippen LogP contribution in [0.3, 0.4) is 0 Å². The zero-order valence-electron chi connectivity index (χ0n) is 15.1. The van der Waals surface area contributed by atoms with Crippen molar-refractivity contribution in [2.75, 3.05) is 52.9 Å². The Balaban J connectivity index is 1.73. The third-order valence-electron chi connectivity index (χ3n) is 5.47. The molecule has 2 fully saturated rings. The van der Waals surface area contributed by atoms with Crippen LogP contribution in [0.2, 0.25) is 0 Å². The largest absolute Gasteiger partial charge is 0.306 e. The van der Waals surface area contributed by atoms with Gasteiger partial charge in [0.25, 0.3) is 0 Å². The second-order valence-corrected chi connectivity index (χ2v) is 8.52. The molecule has 0 aliphatic carbocycles. The fourth-order valence-electron chi connectivity index (χ4n) is 4.16. The lowest BCUT2D eigenvalue weighted by molar-refractivity contribution is 0.0667. The minimum atomic E-state index is 0.473. The second-order valence-electron chi connectivity index (χ2n) is 8.52. The maximum Gasteiger partial charge on any atom is 0.0113 e. The van der Waals surface area contributed by atoms with E-state index in [9.17, 15) is 0 Å². The van der Waals surface area contributed by atoms with E-state index in [0.29, 0.717) is 11.5 Å². The Kier molecular flexibility index (Phi) is 6.10. The Bertz CT molecular complexity index is 298. The van der Waals surface area contributed by atoms with Gasteiger partial charge in [0.05, 0.1) is 0 Å². The van der Waals surface area contributed by atoms with E-state index in [1.165, 1.54) is 65.1 Å². The van der Waals surface area contributed by atoms with Crippen LogP contribution in [0.25, 0.3) is 0 Å². The Morgan fingerprint density at radius 1 is 0.952 bits per heavy atom. The van der Waals surface area contributed by atoms with Crippen molar-refractivity contribution in [2.45, 2.75) is 53.0 Å². The molecule has 0 amide bonds. The monoisotopic (exact) mass is 295 g/mol. The van der Waals surface area contributed by atoms with E-state index in [2.05, 4.69) is 49.4 Å². The molecule has 2 saturated heterocycles. The van der Waals surface area contributed by atoms with Crippen molar-refractivity contribution in [3.8, 4) is 0 Å². The Morgan fingerprint density at radius 3 is 2.05 bits per heavy atom. The standard InChI is InChI=1S/C18H37N3/c1-16(2)21-12-10-20(11-13-21)15-18(3,4)14-17-6-8-19(5)9-7-17/h16-17H,6-15H2,1-5H3. The molecular formula is C18H37N3. The molecule has 0 bridgehead atoms. The van der Waals surface area contributed by atoms with Gasteiger partial charge in [0.15, 0.2) is 0 Å². The lowest BCUT2D eigenvalue weighted by Gasteiger charge is -2.42. The van der Waals surface area contributed by atoms with Crippen molar-refractivity contribution in [2.24, 2.45) is 11.3 Å². The number of hydrogen-bond acceptors (Lipinski definition) is 3. The summed E-state index contributed by atoms with van der Waals surface area (Å²) in [7, 11) is 2.26. The van der Waals surface area contributed by atoms with Gasteiger partial charge in [-0.05, 0) is 64.6 Å². The molecule has 0 unspecified atom stereocenters. The molecule has 0 saturated carbocycles. The summed E-state index contributed by atoms with van der Waals surface area (Å²) in [5.74, 6) is 0.952. The summed E-state index contributed by atoms with van der Waals surface area (Å²) in [4.78, 5) is 7.79. The molecule has 2 aliphatic heterocycles. The van der Waals surface area contributed by atoms with Gasteiger partial charge in [0.2, 0.25) is 0 Å². The normalized spacial score (nSPS) is 24.9. The number of piperidine rings is 1. The molecule has 2 aliphatic rings. The first-order valence-electron chi connectivity index (χ1n) is 9.01. The summed E-state index contributed by atoms with van der Waals surface area (Å²) < 4.78 is 0. The van der Waals surface area contributed by atoms with Crippen LogP contribution < -0.4 is 0 Å². The molecule has 3 heteroatoms. The van der Waals surface area contributed by atoms with Crippen molar-refractivity contribution in [1.29, 1.82) is 0 Å². The van der Waals surface area contributed by atoms with Gasteiger partial charge in [0, 0.05) is 38.8 Å². The molecule has 21 heavy (non-hydrogen) atoms. The summed E-state index contributed by atoms with van der Waals surface area (Å²) in [6.45, 7) is 18.5. The summed E-state index contributed by atoms with van der Waals surface area (Å²) >= 11 is 0. The van der Waals surface area contributed by atoms with E-state index >= 15 is 0 Å². The van der Waals surface area contributed by atoms with E-state index in [4.69, 9.17) is 0 Å². The maximum absolute atomic E-state index is 2.70. The molecule has 0 spiro atoms. The van der Waals surface area contributed by atoms with Gasteiger partial charge in [-0.3, -0.25) is 4.90 Å². The van der Waals surface area contributed by atoms with Crippen LogP contribution in [0, 0.1) is 11.3 Å². The highest BCUT2D eigenvalue weighted by molar-refractivity contribution is 4.83. The minimum absolute atomic E-state index is 0.473. The van der Waals surface area contributed by atoms with Crippen molar-refractivity contribution in [3.63, 3.8) is 0 Å².